The van der Waals surface area contributed by atoms with Crippen LogP contribution in [0.5, 0.6) is 0 Å². The van der Waals surface area contributed by atoms with Crippen LogP contribution >= 0.6 is 0 Å². The van der Waals surface area contributed by atoms with Crippen molar-refractivity contribution < 1.29 is 4.79 Å². The predicted molar refractivity (Wildman–Crippen MR) is 38.5 cm³/mol. The molecule has 0 fully saturated rings. The number of likely N-dealkylation sites (N-methyl/N-ethyl adjacent to an activating group) is 1. The third kappa shape index (κ3) is 0.853. The summed E-state index contributed by atoms with van der Waals surface area (Å²) in [6.45, 7) is 1.94. The van der Waals surface area contributed by atoms with E-state index in [1.54, 1.807) is 11.9 Å². The lowest BCUT2D eigenvalue weighted by Crippen LogP contribution is -2.37. The Labute approximate surface area is 59.7 Å². The molecule has 1 atom stereocenters. The quantitative estimate of drug-likeness (QED) is 0.538. The first-order valence-electron chi connectivity index (χ1n) is 3.27. The van der Waals surface area contributed by atoms with Crippen molar-refractivity contribution in [2.24, 2.45) is 10.7 Å². The summed E-state index contributed by atoms with van der Waals surface area (Å²) in [5.41, 5.74) is 5.39. The molecule has 4 heteroatoms. The molecule has 1 amide bonds. The van der Waals surface area contributed by atoms with Crippen LogP contribution in [0.1, 0.15) is 13.3 Å². The molecule has 0 aromatic carbocycles. The van der Waals surface area contributed by atoms with E-state index in [2.05, 4.69) is 4.99 Å². The Kier molecular flexibility index (Phi) is 1.61. The molecule has 56 valence electrons. The Morgan fingerprint density at radius 3 is 2.60 bits per heavy atom. The van der Waals surface area contributed by atoms with Crippen molar-refractivity contribution in [1.82, 2.24) is 4.90 Å². The standard InChI is InChI=1S/C6H11N3O/c1-3-4-5(10)8-6(7)9(4)2/h4H,3H2,1-2H3,(H2,7,8,10). The highest BCUT2D eigenvalue weighted by atomic mass is 16.2. The van der Waals surface area contributed by atoms with Crippen LogP contribution in [0.15, 0.2) is 4.99 Å². The van der Waals surface area contributed by atoms with E-state index < -0.39 is 0 Å². The van der Waals surface area contributed by atoms with Crippen molar-refractivity contribution in [3.8, 4) is 0 Å². The Bertz CT molecular complexity index is 187. The van der Waals surface area contributed by atoms with E-state index in [-0.39, 0.29) is 11.9 Å². The smallest absolute Gasteiger partial charge is 0.271 e. The number of rotatable bonds is 1. The van der Waals surface area contributed by atoms with Gasteiger partial charge in [0.05, 0.1) is 0 Å². The zero-order valence-electron chi connectivity index (χ0n) is 6.16. The summed E-state index contributed by atoms with van der Waals surface area (Å²) < 4.78 is 0. The molecule has 1 rings (SSSR count). The van der Waals surface area contributed by atoms with Crippen LogP contribution in [-0.2, 0) is 4.79 Å². The zero-order chi connectivity index (χ0) is 7.72. The summed E-state index contributed by atoms with van der Waals surface area (Å²) in [7, 11) is 1.78. The number of carbonyl (C=O) groups is 1. The average Bonchev–Trinajstić information content (AvgIpc) is 2.09. The van der Waals surface area contributed by atoms with Gasteiger partial charge in [0.2, 0.25) is 0 Å². The molecule has 1 aliphatic rings. The predicted octanol–water partition coefficient (Wildman–Crippen LogP) is -0.448. The van der Waals surface area contributed by atoms with Gasteiger partial charge in [-0.1, -0.05) is 6.92 Å². The summed E-state index contributed by atoms with van der Waals surface area (Å²) in [5.74, 6) is 0.208. The molecule has 0 saturated heterocycles. The molecule has 0 saturated carbocycles. The molecule has 0 aromatic heterocycles. The van der Waals surface area contributed by atoms with Gasteiger partial charge in [0.25, 0.3) is 5.91 Å². The van der Waals surface area contributed by atoms with Gasteiger partial charge in [-0.05, 0) is 6.42 Å². The van der Waals surface area contributed by atoms with Crippen LogP contribution in [0.4, 0.5) is 0 Å². The highest BCUT2D eigenvalue weighted by Gasteiger charge is 2.28. The minimum absolute atomic E-state index is 0.123. The van der Waals surface area contributed by atoms with Gasteiger partial charge in [0.1, 0.15) is 6.04 Å². The molecule has 0 spiro atoms. The topological polar surface area (TPSA) is 58.7 Å². The Hall–Kier alpha value is -1.06. The lowest BCUT2D eigenvalue weighted by Gasteiger charge is -2.17. The molecule has 0 aliphatic carbocycles. The number of guanidine groups is 1. The Morgan fingerprint density at radius 1 is 1.80 bits per heavy atom. The lowest BCUT2D eigenvalue weighted by molar-refractivity contribution is -0.120. The highest BCUT2D eigenvalue weighted by molar-refractivity contribution is 6.01. The van der Waals surface area contributed by atoms with E-state index in [1.165, 1.54) is 0 Å². The Balaban J connectivity index is 2.76. The fourth-order valence-electron chi connectivity index (χ4n) is 1.04. The van der Waals surface area contributed by atoms with E-state index in [1.807, 2.05) is 6.92 Å². The number of carbonyl (C=O) groups excluding carboxylic acids is 1. The number of hydrogen-bond acceptors (Lipinski definition) is 3. The first-order valence-corrected chi connectivity index (χ1v) is 3.27. The van der Waals surface area contributed by atoms with Crippen LogP contribution in [0.25, 0.3) is 0 Å². The normalized spacial score (nSPS) is 25.4. The van der Waals surface area contributed by atoms with Crippen molar-refractivity contribution in [2.45, 2.75) is 19.4 Å². The third-order valence-corrected chi connectivity index (χ3v) is 1.73. The molecular formula is C6H11N3O. The van der Waals surface area contributed by atoms with Crippen molar-refractivity contribution >= 4 is 11.9 Å². The maximum absolute atomic E-state index is 10.9. The van der Waals surface area contributed by atoms with Crippen LogP contribution in [0, 0.1) is 0 Å². The summed E-state index contributed by atoms with van der Waals surface area (Å²) in [5, 5.41) is 0. The van der Waals surface area contributed by atoms with E-state index in [0.717, 1.165) is 6.42 Å². The van der Waals surface area contributed by atoms with Gasteiger partial charge in [-0.15, -0.1) is 0 Å². The second-order valence-electron chi connectivity index (χ2n) is 2.34. The summed E-state index contributed by atoms with van der Waals surface area (Å²) in [6, 6.07) is -0.125. The zero-order valence-corrected chi connectivity index (χ0v) is 6.16. The lowest BCUT2D eigenvalue weighted by atomic mass is 10.2. The van der Waals surface area contributed by atoms with Gasteiger partial charge >= 0.3 is 0 Å². The number of nitrogens with zero attached hydrogens (tertiary/aromatic N) is 2. The maximum atomic E-state index is 10.9. The van der Waals surface area contributed by atoms with Crippen LogP contribution in [0.2, 0.25) is 0 Å². The average molecular weight is 141 g/mol. The minimum atomic E-state index is -0.125. The third-order valence-electron chi connectivity index (χ3n) is 1.73. The maximum Gasteiger partial charge on any atom is 0.271 e. The van der Waals surface area contributed by atoms with Crippen molar-refractivity contribution in [1.29, 1.82) is 0 Å². The summed E-state index contributed by atoms with van der Waals surface area (Å²) in [6.07, 6.45) is 0.763. The number of amides is 1. The van der Waals surface area contributed by atoms with Gasteiger partial charge in [0, 0.05) is 7.05 Å². The fourth-order valence-corrected chi connectivity index (χ4v) is 1.04. The fraction of sp³-hybridized carbons (Fsp3) is 0.667. The molecular weight excluding hydrogens is 130 g/mol. The van der Waals surface area contributed by atoms with Gasteiger partial charge in [-0.25, -0.2) is 0 Å². The highest BCUT2D eigenvalue weighted by Crippen LogP contribution is 2.09. The van der Waals surface area contributed by atoms with E-state index in [0.29, 0.717) is 5.96 Å². The van der Waals surface area contributed by atoms with Crippen molar-refractivity contribution in [3.05, 3.63) is 0 Å². The molecule has 1 unspecified atom stereocenters. The van der Waals surface area contributed by atoms with E-state index >= 15 is 0 Å². The van der Waals surface area contributed by atoms with Gasteiger partial charge < -0.3 is 10.6 Å². The Morgan fingerprint density at radius 2 is 2.40 bits per heavy atom. The first-order chi connectivity index (χ1) is 4.66. The van der Waals surface area contributed by atoms with Gasteiger partial charge in [-0.2, -0.15) is 4.99 Å². The van der Waals surface area contributed by atoms with Crippen molar-refractivity contribution in [2.75, 3.05) is 7.05 Å². The van der Waals surface area contributed by atoms with E-state index in [4.69, 9.17) is 5.73 Å². The van der Waals surface area contributed by atoms with Crippen LogP contribution in [-0.4, -0.2) is 29.9 Å². The SMILES string of the molecule is CCC1C(=O)N=C(N)N1C. The van der Waals surface area contributed by atoms with E-state index in [9.17, 15) is 4.79 Å². The monoisotopic (exact) mass is 141 g/mol. The number of aliphatic imine (C=N–C) groups is 1. The van der Waals surface area contributed by atoms with Gasteiger partial charge in [0.15, 0.2) is 5.96 Å². The molecule has 4 nitrogen and oxygen atoms in total. The summed E-state index contributed by atoms with van der Waals surface area (Å²) in [4.78, 5) is 16.2. The number of nitrogens with two attached hydrogens (primary N) is 1. The molecule has 1 aliphatic heterocycles. The van der Waals surface area contributed by atoms with Crippen LogP contribution < -0.4 is 5.73 Å². The second kappa shape index (κ2) is 2.28. The molecule has 2 N–H and O–H groups in total. The molecule has 1 heterocycles. The van der Waals surface area contributed by atoms with Crippen LogP contribution in [0.3, 0.4) is 0 Å². The molecule has 0 radical (unpaired) electrons. The molecule has 0 aromatic rings. The van der Waals surface area contributed by atoms with Gasteiger partial charge in [-0.3, -0.25) is 4.79 Å². The molecule has 10 heavy (non-hydrogen) atoms. The molecule has 0 bridgehead atoms. The minimum Gasteiger partial charge on any atom is -0.369 e. The number of hydrogen-bond donors (Lipinski definition) is 1. The summed E-state index contributed by atoms with van der Waals surface area (Å²) >= 11 is 0. The van der Waals surface area contributed by atoms with Crippen molar-refractivity contribution in [3.63, 3.8) is 0 Å². The second-order valence-corrected chi connectivity index (χ2v) is 2.34. The largest absolute Gasteiger partial charge is 0.369 e. The first kappa shape index (κ1) is 7.05.